The minimum Gasteiger partial charge on any atom is -0.507 e. The number of carbonyl (C=O) groups is 1. The molecule has 6 heteroatoms. The van der Waals surface area contributed by atoms with Crippen LogP contribution < -0.4 is 9.47 Å². The number of aryl methyl sites for hydroxylation is 2. The number of benzene rings is 2. The van der Waals surface area contributed by atoms with E-state index in [1.807, 2.05) is 52.0 Å². The smallest absolute Gasteiger partial charge is 0.340 e. The molecule has 2 aromatic carbocycles. The molecule has 1 N–H and O–H groups in total. The number of hydrogen-bond donors (Lipinski definition) is 1. The van der Waals surface area contributed by atoms with Crippen molar-refractivity contribution in [1.82, 2.24) is 4.57 Å². The molecule has 0 bridgehead atoms. The Kier molecular flexibility index (Phi) is 5.87. The SMILES string of the molecule is CCOC(=O)c1c(-c2cc(C)c(O)c(C)c2)c(C)n2c1-c1cc(OC)c(OC)cc1C(C)C2. The molecular formula is C27H31NO5. The van der Waals surface area contributed by atoms with Crippen molar-refractivity contribution >= 4 is 5.97 Å². The third-order valence-electron chi connectivity index (χ3n) is 6.58. The maximum absolute atomic E-state index is 13.4. The third-order valence-corrected chi connectivity index (χ3v) is 6.58. The van der Waals surface area contributed by atoms with Gasteiger partial charge in [0.25, 0.3) is 0 Å². The molecule has 6 nitrogen and oxygen atoms in total. The second kappa shape index (κ2) is 8.50. The fourth-order valence-corrected chi connectivity index (χ4v) is 4.98. The molecule has 0 amide bonds. The molecule has 0 spiro atoms. The van der Waals surface area contributed by atoms with Crippen LogP contribution in [0, 0.1) is 20.8 Å². The first-order valence-electron chi connectivity index (χ1n) is 11.2. The molecule has 1 aliphatic heterocycles. The molecule has 0 saturated carbocycles. The first kappa shape index (κ1) is 22.8. The van der Waals surface area contributed by atoms with Crippen molar-refractivity contribution in [3.05, 3.63) is 52.2 Å². The van der Waals surface area contributed by atoms with Gasteiger partial charge in [-0.15, -0.1) is 0 Å². The molecule has 1 unspecified atom stereocenters. The summed E-state index contributed by atoms with van der Waals surface area (Å²) < 4.78 is 18.9. The van der Waals surface area contributed by atoms with E-state index in [9.17, 15) is 9.90 Å². The van der Waals surface area contributed by atoms with Crippen molar-refractivity contribution in [2.75, 3.05) is 20.8 Å². The number of aromatic hydroxyl groups is 1. The standard InChI is InChI=1S/C27H31NO5/c1-8-33-27(30)24-23(18-9-14(2)26(29)15(3)10-18)17(5)28-13-16(4)19-11-21(31-6)22(32-7)12-20(19)25(24)28/h9-12,16,29H,8,13H2,1-7H3. The monoisotopic (exact) mass is 449 g/mol. The van der Waals surface area contributed by atoms with Crippen LogP contribution in [0.3, 0.4) is 0 Å². The zero-order chi connectivity index (χ0) is 24.0. The van der Waals surface area contributed by atoms with Gasteiger partial charge >= 0.3 is 5.97 Å². The quantitative estimate of drug-likeness (QED) is 0.501. The largest absolute Gasteiger partial charge is 0.507 e. The Hall–Kier alpha value is -3.41. The lowest BCUT2D eigenvalue weighted by Crippen LogP contribution is -2.17. The predicted molar refractivity (Wildman–Crippen MR) is 129 cm³/mol. The first-order valence-corrected chi connectivity index (χ1v) is 11.2. The van der Waals surface area contributed by atoms with Crippen molar-refractivity contribution < 1.29 is 24.1 Å². The summed E-state index contributed by atoms with van der Waals surface area (Å²) in [6, 6.07) is 7.82. The van der Waals surface area contributed by atoms with Crippen molar-refractivity contribution in [2.45, 2.75) is 47.1 Å². The Balaban J connectivity index is 2.09. The van der Waals surface area contributed by atoms with E-state index in [4.69, 9.17) is 14.2 Å². The molecule has 0 fully saturated rings. The summed E-state index contributed by atoms with van der Waals surface area (Å²) in [5.41, 5.74) is 7.67. The highest BCUT2D eigenvalue weighted by molar-refractivity contribution is 6.05. The van der Waals surface area contributed by atoms with Crippen LogP contribution in [0.25, 0.3) is 22.4 Å². The van der Waals surface area contributed by atoms with E-state index in [1.54, 1.807) is 14.2 Å². The van der Waals surface area contributed by atoms with Crippen LogP contribution in [0.5, 0.6) is 17.2 Å². The van der Waals surface area contributed by atoms with Gasteiger partial charge in [-0.25, -0.2) is 4.79 Å². The Morgan fingerprint density at radius 3 is 2.24 bits per heavy atom. The average Bonchev–Trinajstić information content (AvgIpc) is 3.08. The molecule has 1 atom stereocenters. The molecule has 0 radical (unpaired) electrons. The van der Waals surface area contributed by atoms with Crippen LogP contribution in [-0.2, 0) is 11.3 Å². The van der Waals surface area contributed by atoms with E-state index in [2.05, 4.69) is 11.5 Å². The highest BCUT2D eigenvalue weighted by Gasteiger charge is 2.34. The molecule has 2 heterocycles. The Bertz CT molecular complexity index is 1230. The summed E-state index contributed by atoms with van der Waals surface area (Å²) in [5, 5.41) is 10.3. The zero-order valence-electron chi connectivity index (χ0n) is 20.3. The van der Waals surface area contributed by atoms with Crippen LogP contribution in [0.1, 0.15) is 52.5 Å². The van der Waals surface area contributed by atoms with E-state index in [0.29, 0.717) is 17.1 Å². The molecule has 0 saturated heterocycles. The molecule has 174 valence electrons. The van der Waals surface area contributed by atoms with Gasteiger partial charge in [-0.05, 0) is 80.1 Å². The van der Waals surface area contributed by atoms with Gasteiger partial charge in [0.15, 0.2) is 11.5 Å². The zero-order valence-corrected chi connectivity index (χ0v) is 20.3. The molecule has 0 aliphatic carbocycles. The highest BCUT2D eigenvalue weighted by atomic mass is 16.5. The van der Waals surface area contributed by atoms with Crippen LogP contribution >= 0.6 is 0 Å². The van der Waals surface area contributed by atoms with Crippen LogP contribution in [0.15, 0.2) is 24.3 Å². The normalized spacial score (nSPS) is 14.5. The maximum atomic E-state index is 13.4. The van der Waals surface area contributed by atoms with E-state index in [-0.39, 0.29) is 24.2 Å². The number of phenols is 1. The number of ether oxygens (including phenoxy) is 3. The average molecular weight is 450 g/mol. The molecule has 4 rings (SSSR count). The van der Waals surface area contributed by atoms with Crippen molar-refractivity contribution in [2.24, 2.45) is 0 Å². The summed E-state index contributed by atoms with van der Waals surface area (Å²) in [4.78, 5) is 13.4. The summed E-state index contributed by atoms with van der Waals surface area (Å²) in [6.07, 6.45) is 0. The fourth-order valence-electron chi connectivity index (χ4n) is 4.98. The summed E-state index contributed by atoms with van der Waals surface area (Å²) in [5.74, 6) is 1.41. The Morgan fingerprint density at radius 2 is 1.67 bits per heavy atom. The van der Waals surface area contributed by atoms with E-state index >= 15 is 0 Å². The topological polar surface area (TPSA) is 69.9 Å². The van der Waals surface area contributed by atoms with Gasteiger partial charge in [0.1, 0.15) is 5.75 Å². The van der Waals surface area contributed by atoms with Crippen LogP contribution in [-0.4, -0.2) is 36.5 Å². The molecule has 1 aliphatic rings. The van der Waals surface area contributed by atoms with Crippen molar-refractivity contribution in [3.63, 3.8) is 0 Å². The number of carbonyl (C=O) groups excluding carboxylic acids is 1. The number of esters is 1. The number of methoxy groups -OCH3 is 2. The molecular weight excluding hydrogens is 418 g/mol. The maximum Gasteiger partial charge on any atom is 0.340 e. The third kappa shape index (κ3) is 3.54. The van der Waals surface area contributed by atoms with Crippen LogP contribution in [0.4, 0.5) is 0 Å². The number of phenolic OH excluding ortho intramolecular Hbond substituents is 1. The van der Waals surface area contributed by atoms with E-state index in [0.717, 1.165) is 51.3 Å². The van der Waals surface area contributed by atoms with E-state index < -0.39 is 0 Å². The van der Waals surface area contributed by atoms with Crippen molar-refractivity contribution in [1.29, 1.82) is 0 Å². The second-order valence-electron chi connectivity index (χ2n) is 8.67. The first-order chi connectivity index (χ1) is 15.7. The minimum absolute atomic E-state index is 0.213. The van der Waals surface area contributed by atoms with Gasteiger partial charge in [-0.1, -0.05) is 6.92 Å². The predicted octanol–water partition coefficient (Wildman–Crippen LogP) is 5.76. The lowest BCUT2D eigenvalue weighted by Gasteiger charge is -2.28. The van der Waals surface area contributed by atoms with Gasteiger partial charge in [-0.3, -0.25) is 0 Å². The van der Waals surface area contributed by atoms with Crippen molar-refractivity contribution in [3.8, 4) is 39.6 Å². The lowest BCUT2D eigenvalue weighted by molar-refractivity contribution is 0.0528. The molecule has 33 heavy (non-hydrogen) atoms. The van der Waals surface area contributed by atoms with Gasteiger partial charge in [0, 0.05) is 23.4 Å². The number of fused-ring (bicyclic) bond motifs is 3. The highest BCUT2D eigenvalue weighted by Crippen LogP contribution is 2.48. The van der Waals surface area contributed by atoms with E-state index in [1.165, 1.54) is 0 Å². The lowest BCUT2D eigenvalue weighted by atomic mass is 9.88. The molecule has 3 aromatic rings. The number of hydrogen-bond acceptors (Lipinski definition) is 5. The van der Waals surface area contributed by atoms with Gasteiger partial charge in [0.2, 0.25) is 0 Å². The van der Waals surface area contributed by atoms with Gasteiger partial charge in [0.05, 0.1) is 32.1 Å². The molecule has 1 aromatic heterocycles. The summed E-state index contributed by atoms with van der Waals surface area (Å²) in [7, 11) is 3.24. The Morgan fingerprint density at radius 1 is 1.06 bits per heavy atom. The van der Waals surface area contributed by atoms with Gasteiger partial charge < -0.3 is 23.9 Å². The Labute approximate surface area is 194 Å². The second-order valence-corrected chi connectivity index (χ2v) is 8.67. The number of nitrogens with zero attached hydrogens (tertiary/aromatic N) is 1. The van der Waals surface area contributed by atoms with Gasteiger partial charge in [-0.2, -0.15) is 0 Å². The number of aromatic nitrogens is 1. The van der Waals surface area contributed by atoms with Crippen LogP contribution in [0.2, 0.25) is 0 Å². The minimum atomic E-state index is -0.358. The number of rotatable bonds is 5. The fraction of sp³-hybridized carbons (Fsp3) is 0.370. The summed E-state index contributed by atoms with van der Waals surface area (Å²) in [6.45, 7) is 10.8. The summed E-state index contributed by atoms with van der Waals surface area (Å²) >= 11 is 0.